The standard InChI is InChI=1S/C11H15N3O2S/c12-8-3-4-14(7-8)10(15)6-13-11(16)9-2-1-5-17-9/h1-2,5,8H,3-4,6-7,12H2,(H,13,16)/t8-/m1/s1. The number of nitrogens with zero attached hydrogens (tertiary/aromatic N) is 1. The monoisotopic (exact) mass is 253 g/mol. The van der Waals surface area contributed by atoms with Crippen LogP contribution in [0.4, 0.5) is 0 Å². The van der Waals surface area contributed by atoms with E-state index in [9.17, 15) is 9.59 Å². The number of rotatable bonds is 3. The third kappa shape index (κ3) is 3.04. The van der Waals surface area contributed by atoms with Crippen LogP contribution in [0.25, 0.3) is 0 Å². The Bertz CT molecular complexity index is 405. The van der Waals surface area contributed by atoms with Crippen molar-refractivity contribution >= 4 is 23.2 Å². The molecule has 17 heavy (non-hydrogen) atoms. The molecule has 1 saturated heterocycles. The second-order valence-electron chi connectivity index (χ2n) is 4.05. The third-order valence-corrected chi connectivity index (χ3v) is 3.59. The first-order valence-corrected chi connectivity index (χ1v) is 6.40. The number of hydrogen-bond donors (Lipinski definition) is 2. The van der Waals surface area contributed by atoms with Crippen molar-refractivity contribution in [1.82, 2.24) is 10.2 Å². The van der Waals surface area contributed by atoms with Crippen LogP contribution >= 0.6 is 11.3 Å². The van der Waals surface area contributed by atoms with Gasteiger partial charge in [-0.1, -0.05) is 6.07 Å². The lowest BCUT2D eigenvalue weighted by Gasteiger charge is -2.15. The van der Waals surface area contributed by atoms with Crippen LogP contribution in [-0.4, -0.2) is 42.4 Å². The molecule has 1 aromatic heterocycles. The lowest BCUT2D eigenvalue weighted by Crippen LogP contribution is -2.39. The van der Waals surface area contributed by atoms with Crippen molar-refractivity contribution in [3.63, 3.8) is 0 Å². The van der Waals surface area contributed by atoms with E-state index >= 15 is 0 Å². The van der Waals surface area contributed by atoms with Gasteiger partial charge < -0.3 is 16.0 Å². The Morgan fingerprint density at radius 1 is 1.59 bits per heavy atom. The number of nitrogens with two attached hydrogens (primary N) is 1. The molecule has 1 aliphatic rings. The molecule has 1 fully saturated rings. The average molecular weight is 253 g/mol. The topological polar surface area (TPSA) is 75.4 Å². The Labute approximate surface area is 104 Å². The van der Waals surface area contributed by atoms with Crippen LogP contribution in [-0.2, 0) is 4.79 Å². The van der Waals surface area contributed by atoms with Crippen molar-refractivity contribution < 1.29 is 9.59 Å². The van der Waals surface area contributed by atoms with E-state index in [1.54, 1.807) is 17.0 Å². The summed E-state index contributed by atoms with van der Waals surface area (Å²) in [4.78, 5) is 25.6. The highest BCUT2D eigenvalue weighted by Crippen LogP contribution is 2.08. The summed E-state index contributed by atoms with van der Waals surface area (Å²) in [5.41, 5.74) is 5.72. The van der Waals surface area contributed by atoms with Gasteiger partial charge in [-0.25, -0.2) is 0 Å². The molecule has 2 heterocycles. The van der Waals surface area contributed by atoms with E-state index in [4.69, 9.17) is 5.73 Å². The maximum Gasteiger partial charge on any atom is 0.261 e. The van der Waals surface area contributed by atoms with Gasteiger partial charge in [-0.15, -0.1) is 11.3 Å². The van der Waals surface area contributed by atoms with Gasteiger partial charge in [-0.3, -0.25) is 9.59 Å². The quantitative estimate of drug-likeness (QED) is 0.798. The van der Waals surface area contributed by atoms with Gasteiger partial charge in [-0.05, 0) is 17.9 Å². The second-order valence-corrected chi connectivity index (χ2v) is 5.00. The number of hydrogen-bond acceptors (Lipinski definition) is 4. The number of carbonyl (C=O) groups is 2. The van der Waals surface area contributed by atoms with E-state index < -0.39 is 0 Å². The van der Waals surface area contributed by atoms with E-state index in [0.717, 1.165) is 6.42 Å². The van der Waals surface area contributed by atoms with Crippen molar-refractivity contribution in [1.29, 1.82) is 0 Å². The van der Waals surface area contributed by atoms with Crippen molar-refractivity contribution in [2.24, 2.45) is 5.73 Å². The maximum atomic E-state index is 11.7. The van der Waals surface area contributed by atoms with Crippen molar-refractivity contribution in [3.05, 3.63) is 22.4 Å². The van der Waals surface area contributed by atoms with E-state index in [-0.39, 0.29) is 24.4 Å². The summed E-state index contributed by atoms with van der Waals surface area (Å²) < 4.78 is 0. The van der Waals surface area contributed by atoms with Gasteiger partial charge in [0.15, 0.2) is 0 Å². The Hall–Kier alpha value is -1.40. The summed E-state index contributed by atoms with van der Waals surface area (Å²) >= 11 is 1.36. The van der Waals surface area contributed by atoms with E-state index in [0.29, 0.717) is 18.0 Å². The zero-order chi connectivity index (χ0) is 12.3. The second kappa shape index (κ2) is 5.29. The molecule has 2 amide bonds. The number of thiophene rings is 1. The summed E-state index contributed by atoms with van der Waals surface area (Å²) in [6.07, 6.45) is 0.838. The minimum absolute atomic E-state index is 0.0451. The molecule has 92 valence electrons. The molecule has 0 bridgehead atoms. The van der Waals surface area contributed by atoms with Crippen molar-refractivity contribution in [2.75, 3.05) is 19.6 Å². The van der Waals surface area contributed by atoms with Gasteiger partial charge in [0, 0.05) is 19.1 Å². The largest absolute Gasteiger partial charge is 0.342 e. The van der Waals surface area contributed by atoms with Gasteiger partial charge in [0.2, 0.25) is 5.91 Å². The zero-order valence-corrected chi connectivity index (χ0v) is 10.2. The molecule has 0 aromatic carbocycles. The fraction of sp³-hybridized carbons (Fsp3) is 0.455. The van der Waals surface area contributed by atoms with Gasteiger partial charge in [-0.2, -0.15) is 0 Å². The highest BCUT2D eigenvalue weighted by atomic mass is 32.1. The lowest BCUT2D eigenvalue weighted by atomic mass is 10.3. The molecule has 3 N–H and O–H groups in total. The van der Waals surface area contributed by atoms with Gasteiger partial charge in [0.25, 0.3) is 5.91 Å². The minimum Gasteiger partial charge on any atom is -0.342 e. The van der Waals surface area contributed by atoms with E-state index in [1.807, 2.05) is 5.38 Å². The molecule has 0 spiro atoms. The molecule has 1 aliphatic heterocycles. The SMILES string of the molecule is N[C@@H]1CCN(C(=O)CNC(=O)c2cccs2)C1. The van der Waals surface area contributed by atoms with E-state index in [2.05, 4.69) is 5.32 Å². The van der Waals surface area contributed by atoms with Crippen molar-refractivity contribution in [2.45, 2.75) is 12.5 Å². The average Bonchev–Trinajstić information content (AvgIpc) is 2.95. The van der Waals surface area contributed by atoms with Gasteiger partial charge >= 0.3 is 0 Å². The molecule has 2 rings (SSSR count). The van der Waals surface area contributed by atoms with Crippen LogP contribution in [0.15, 0.2) is 17.5 Å². The molecular weight excluding hydrogens is 238 g/mol. The smallest absolute Gasteiger partial charge is 0.261 e. The van der Waals surface area contributed by atoms with Crippen LogP contribution in [0.5, 0.6) is 0 Å². The van der Waals surface area contributed by atoms with Gasteiger partial charge in [0.1, 0.15) is 0 Å². The summed E-state index contributed by atoms with van der Waals surface area (Å²) in [5, 5.41) is 4.45. The fourth-order valence-electron chi connectivity index (χ4n) is 1.78. The molecule has 0 unspecified atom stereocenters. The first kappa shape index (κ1) is 12.1. The van der Waals surface area contributed by atoms with E-state index in [1.165, 1.54) is 11.3 Å². The fourth-order valence-corrected chi connectivity index (χ4v) is 2.42. The Morgan fingerprint density at radius 3 is 3.00 bits per heavy atom. The number of nitrogens with one attached hydrogen (secondary N) is 1. The van der Waals surface area contributed by atoms with Crippen LogP contribution in [0.1, 0.15) is 16.1 Å². The molecule has 1 atom stereocenters. The molecule has 0 aliphatic carbocycles. The third-order valence-electron chi connectivity index (χ3n) is 2.72. The maximum absolute atomic E-state index is 11.7. The molecular formula is C11H15N3O2S. The Balaban J connectivity index is 1.78. The highest BCUT2D eigenvalue weighted by molar-refractivity contribution is 7.12. The number of carbonyl (C=O) groups excluding carboxylic acids is 2. The summed E-state index contributed by atoms with van der Waals surface area (Å²) in [7, 11) is 0. The minimum atomic E-state index is -0.197. The summed E-state index contributed by atoms with van der Waals surface area (Å²) in [5.74, 6) is -0.264. The zero-order valence-electron chi connectivity index (χ0n) is 9.39. The first-order chi connectivity index (χ1) is 8.16. The normalized spacial score (nSPS) is 19.4. The highest BCUT2D eigenvalue weighted by Gasteiger charge is 2.23. The summed E-state index contributed by atoms with van der Waals surface area (Å²) in [6.45, 7) is 1.33. The molecule has 6 heteroatoms. The Morgan fingerprint density at radius 2 is 2.41 bits per heavy atom. The predicted molar refractivity (Wildman–Crippen MR) is 65.8 cm³/mol. The number of amides is 2. The van der Waals surface area contributed by atoms with Crippen LogP contribution in [0.2, 0.25) is 0 Å². The number of likely N-dealkylation sites (tertiary alicyclic amines) is 1. The molecule has 0 saturated carbocycles. The molecule has 5 nitrogen and oxygen atoms in total. The van der Waals surface area contributed by atoms with Gasteiger partial charge in [0.05, 0.1) is 11.4 Å². The summed E-state index contributed by atoms with van der Waals surface area (Å²) in [6, 6.07) is 3.61. The molecule has 0 radical (unpaired) electrons. The van der Waals surface area contributed by atoms with Crippen molar-refractivity contribution in [3.8, 4) is 0 Å². The van der Waals surface area contributed by atoms with Crippen LogP contribution < -0.4 is 11.1 Å². The lowest BCUT2D eigenvalue weighted by molar-refractivity contribution is -0.129. The first-order valence-electron chi connectivity index (χ1n) is 5.52. The van der Waals surface area contributed by atoms with Crippen LogP contribution in [0.3, 0.4) is 0 Å². The van der Waals surface area contributed by atoms with Crippen LogP contribution in [0, 0.1) is 0 Å². The predicted octanol–water partition coefficient (Wildman–Crippen LogP) is 0.0375. The Kier molecular flexibility index (Phi) is 3.75. The molecule has 1 aromatic rings.